The van der Waals surface area contributed by atoms with E-state index < -0.39 is 17.6 Å². The molecule has 18 nitrogen and oxygen atoms in total. The number of hydrazone groups is 2. The van der Waals surface area contributed by atoms with Crippen LogP contribution < -0.4 is 35.4 Å². The molecule has 2 fully saturated rings. The average molecular weight is 828 g/mol. The number of nitrogens with zero attached hydrogens (tertiary/aromatic N) is 6. The van der Waals surface area contributed by atoms with E-state index in [1.807, 2.05) is 69.6 Å². The van der Waals surface area contributed by atoms with Crippen LogP contribution in [0.15, 0.2) is 53.0 Å². The molecule has 6 heterocycles. The number of carbonyl (C=O) groups excluding carboxylic acids is 3. The van der Waals surface area contributed by atoms with Crippen molar-refractivity contribution in [2.24, 2.45) is 10.2 Å². The van der Waals surface area contributed by atoms with Gasteiger partial charge in [-0.25, -0.2) is 15.6 Å². The number of benzene rings is 2. The largest absolute Gasteiger partial charge is 0.501 e. The van der Waals surface area contributed by atoms with Gasteiger partial charge in [-0.1, -0.05) is 0 Å². The lowest BCUT2D eigenvalue weighted by atomic mass is 9.93. The van der Waals surface area contributed by atoms with Gasteiger partial charge in [-0.2, -0.15) is 10.2 Å². The summed E-state index contributed by atoms with van der Waals surface area (Å²) in [5.41, 5.74) is 9.21. The number of aromatic nitrogens is 1. The number of hydrogen-bond acceptors (Lipinski definition) is 13. The van der Waals surface area contributed by atoms with E-state index in [9.17, 15) is 14.4 Å². The summed E-state index contributed by atoms with van der Waals surface area (Å²) in [7, 11) is 0. The number of fused-ring (bicyclic) bond motifs is 7. The lowest BCUT2D eigenvalue weighted by Gasteiger charge is -2.41. The predicted molar refractivity (Wildman–Crippen MR) is 226 cm³/mol. The van der Waals surface area contributed by atoms with Crippen molar-refractivity contribution in [3.8, 4) is 11.5 Å². The number of likely N-dealkylation sites (tertiary alicyclic amines) is 1. The first kappa shape index (κ1) is 41.7. The Hall–Kier alpha value is -6.46. The summed E-state index contributed by atoms with van der Waals surface area (Å²) < 4.78 is 25.0. The summed E-state index contributed by atoms with van der Waals surface area (Å²) in [6.45, 7) is 14.6. The van der Waals surface area contributed by atoms with Crippen LogP contribution in [0.1, 0.15) is 79.3 Å². The van der Waals surface area contributed by atoms with Gasteiger partial charge in [-0.15, -0.1) is 0 Å². The van der Waals surface area contributed by atoms with Crippen LogP contribution in [0.25, 0.3) is 17.0 Å². The number of aliphatic carboxylic acids is 1. The molecule has 6 aliphatic rings. The lowest BCUT2D eigenvalue weighted by Crippen LogP contribution is -2.58. The van der Waals surface area contributed by atoms with Gasteiger partial charge in [-0.05, 0) is 97.2 Å². The summed E-state index contributed by atoms with van der Waals surface area (Å²) in [5.74, 6) is 1.80. The summed E-state index contributed by atoms with van der Waals surface area (Å²) in [6, 6.07) is 10.2. The van der Waals surface area contributed by atoms with Crippen LogP contribution >= 0.6 is 0 Å². The molecule has 0 radical (unpaired) electrons. The van der Waals surface area contributed by atoms with Crippen LogP contribution in [-0.4, -0.2) is 107 Å². The Morgan fingerprint density at radius 3 is 2.08 bits per heavy atom. The average Bonchev–Trinajstić information content (AvgIpc) is 3.55. The zero-order chi connectivity index (χ0) is 42.9. The Bertz CT molecular complexity index is 2250. The highest BCUT2D eigenvalue weighted by molar-refractivity contribution is 6.11. The van der Waals surface area contributed by atoms with Crippen LogP contribution in [0.4, 0.5) is 21.9 Å². The smallest absolute Gasteiger partial charge is 0.410 e. The van der Waals surface area contributed by atoms with E-state index >= 15 is 0 Å². The van der Waals surface area contributed by atoms with Gasteiger partial charge in [-0.3, -0.25) is 14.4 Å². The molecule has 1 aliphatic carbocycles. The fourth-order valence-corrected chi connectivity index (χ4v) is 7.49. The first-order valence-electron chi connectivity index (χ1n) is 20.2. The van der Waals surface area contributed by atoms with Crippen LogP contribution in [0.5, 0.6) is 11.5 Å². The van der Waals surface area contributed by atoms with Gasteiger partial charge in [0, 0.05) is 48.9 Å². The van der Waals surface area contributed by atoms with E-state index in [2.05, 4.69) is 55.3 Å². The SMILES string of the molecule is CC(=O)O.CC1C(=O)NN=C2COc3cc4ccn(C5CCC5)c4cc3N21.CCO/C=C/c1cc2c(cc1NC1CN(C(=O)OC(C)(C)C)C1)N1C(=NNC(=O)C1C)CO2. The normalized spacial score (nSPS) is 20.6. The second-order valence-electron chi connectivity index (χ2n) is 16.3. The monoisotopic (exact) mass is 827 g/mol. The minimum atomic E-state index is -0.833. The van der Waals surface area contributed by atoms with Crippen molar-refractivity contribution in [3.05, 3.63) is 48.4 Å². The molecule has 0 bridgehead atoms. The maximum Gasteiger partial charge on any atom is 0.410 e. The number of carboxylic acids is 1. The molecule has 320 valence electrons. The summed E-state index contributed by atoms with van der Waals surface area (Å²) in [5, 5.41) is 20.4. The van der Waals surface area contributed by atoms with Gasteiger partial charge >= 0.3 is 6.09 Å². The fourth-order valence-electron chi connectivity index (χ4n) is 7.49. The van der Waals surface area contributed by atoms with Crippen LogP contribution in [0.3, 0.4) is 0 Å². The quantitative estimate of drug-likeness (QED) is 0.236. The highest BCUT2D eigenvalue weighted by atomic mass is 16.6. The van der Waals surface area contributed by atoms with Gasteiger partial charge in [0.25, 0.3) is 17.8 Å². The molecule has 4 N–H and O–H groups in total. The number of amidine groups is 2. The summed E-state index contributed by atoms with van der Waals surface area (Å²) >= 11 is 0. The first-order valence-corrected chi connectivity index (χ1v) is 20.2. The predicted octanol–water partition coefficient (Wildman–Crippen LogP) is 5.24. The lowest BCUT2D eigenvalue weighted by molar-refractivity contribution is -0.134. The first-order chi connectivity index (χ1) is 28.6. The molecule has 3 aromatic rings. The number of carboxylic acid groups (broad SMARTS) is 1. The van der Waals surface area contributed by atoms with Crippen molar-refractivity contribution >= 4 is 69.6 Å². The molecular weight excluding hydrogens is 775 g/mol. The van der Waals surface area contributed by atoms with E-state index in [1.54, 1.807) is 11.2 Å². The minimum absolute atomic E-state index is 0.0644. The second kappa shape index (κ2) is 17.0. The van der Waals surface area contributed by atoms with Crippen molar-refractivity contribution in [2.45, 2.75) is 97.5 Å². The Morgan fingerprint density at radius 1 is 0.950 bits per heavy atom. The number of nitrogens with one attached hydrogen (secondary N) is 3. The van der Waals surface area contributed by atoms with E-state index in [4.69, 9.17) is 28.8 Å². The summed E-state index contributed by atoms with van der Waals surface area (Å²) in [6.07, 6.45) is 9.16. The summed E-state index contributed by atoms with van der Waals surface area (Å²) in [4.78, 5) is 51.1. The number of rotatable bonds is 6. The van der Waals surface area contributed by atoms with Crippen LogP contribution in [0, 0.1) is 0 Å². The van der Waals surface area contributed by atoms with Crippen molar-refractivity contribution in [3.63, 3.8) is 0 Å². The van der Waals surface area contributed by atoms with Gasteiger partial charge in [0.2, 0.25) is 0 Å². The van der Waals surface area contributed by atoms with Crippen LogP contribution in [0.2, 0.25) is 0 Å². The molecule has 1 aromatic heterocycles. The van der Waals surface area contributed by atoms with Crippen LogP contribution in [-0.2, 0) is 23.9 Å². The van der Waals surface area contributed by atoms with Crippen molar-refractivity contribution in [2.75, 3.05) is 48.0 Å². The van der Waals surface area contributed by atoms with E-state index in [0.29, 0.717) is 43.9 Å². The standard InChI is InChI=1S/C23H31N5O5.C17H18N4O2.C2H4O2/c1-6-31-8-7-15-9-19-18(28-14(2)21(29)26-25-20(28)13-32-19)10-17(15)24-16-11-27(12-16)22(30)33-23(3,4)5;1-10-17(22)19-18-16-9-23-15-7-11-5-6-20(12-3-2-4-12)13(11)8-14(15)21(10)16;1-2(3)4/h7-10,14,16,24H,6,11-13H2,1-5H3,(H,26,29);5-8,10,12H,2-4,9H2,1H3,(H,19,22);1H3,(H,3,4)/b8-7+;;. The van der Waals surface area contributed by atoms with E-state index in [1.165, 1.54) is 30.2 Å². The van der Waals surface area contributed by atoms with Gasteiger partial charge in [0.05, 0.1) is 35.8 Å². The molecule has 2 atom stereocenters. The molecule has 60 heavy (non-hydrogen) atoms. The molecule has 1 saturated carbocycles. The van der Waals surface area contributed by atoms with E-state index in [0.717, 1.165) is 41.1 Å². The highest BCUT2D eigenvalue weighted by Gasteiger charge is 2.38. The van der Waals surface area contributed by atoms with Gasteiger partial charge in [0.15, 0.2) is 11.7 Å². The number of carbonyl (C=O) groups is 4. The third kappa shape index (κ3) is 8.77. The third-order valence-corrected chi connectivity index (χ3v) is 10.7. The molecule has 9 rings (SSSR count). The molecule has 2 unspecified atom stereocenters. The second-order valence-corrected chi connectivity index (χ2v) is 16.3. The molecule has 1 saturated heterocycles. The Labute approximate surface area is 348 Å². The number of anilines is 3. The van der Waals surface area contributed by atoms with Gasteiger partial charge in [0.1, 0.15) is 42.4 Å². The molecule has 0 spiro atoms. The zero-order valence-electron chi connectivity index (χ0n) is 35.0. The Kier molecular flexibility index (Phi) is 11.8. The molecular formula is C42H53N9O9. The third-order valence-electron chi connectivity index (χ3n) is 10.7. The topological polar surface area (TPSA) is 201 Å². The molecule has 3 amide bonds. The Balaban J connectivity index is 0.000000175. The van der Waals surface area contributed by atoms with E-state index in [-0.39, 0.29) is 36.6 Å². The zero-order valence-corrected chi connectivity index (χ0v) is 35.0. The maximum atomic E-state index is 12.3. The van der Waals surface area contributed by atoms with Crippen molar-refractivity contribution < 1.29 is 43.2 Å². The fraction of sp³-hybridized carbons (Fsp3) is 0.476. The molecule has 5 aliphatic heterocycles. The highest BCUT2D eigenvalue weighted by Crippen LogP contribution is 2.42. The molecule has 2 aromatic carbocycles. The van der Waals surface area contributed by atoms with Crippen molar-refractivity contribution in [1.82, 2.24) is 20.3 Å². The minimum Gasteiger partial charge on any atom is -0.501 e. The molecule has 18 heteroatoms. The maximum absolute atomic E-state index is 12.3. The number of hydrogen-bond donors (Lipinski definition) is 4. The Morgan fingerprint density at radius 2 is 1.53 bits per heavy atom. The van der Waals surface area contributed by atoms with Crippen molar-refractivity contribution in [1.29, 1.82) is 0 Å². The van der Waals surface area contributed by atoms with Gasteiger partial charge < -0.3 is 48.6 Å². The number of ether oxygens (including phenoxy) is 4. The number of amides is 3.